The molecule has 0 bridgehead atoms. The van der Waals surface area contributed by atoms with Gasteiger partial charge in [-0.1, -0.05) is 36.4 Å². The number of hydrogen-bond donors (Lipinski definition) is 0. The molecule has 0 radical (unpaired) electrons. The van der Waals surface area contributed by atoms with Crippen molar-refractivity contribution >= 4 is 21.7 Å². The minimum atomic E-state index is -3.23. The second kappa shape index (κ2) is 5.84. The van der Waals surface area contributed by atoms with Crippen molar-refractivity contribution in [3.8, 4) is 0 Å². The quantitative estimate of drug-likeness (QED) is 0.641. The molecule has 20 heavy (non-hydrogen) atoms. The molecular weight excluding hydrogens is 272 g/mol. The molecule has 0 fully saturated rings. The molecule has 0 heterocycles. The first-order valence-electron chi connectivity index (χ1n) is 6.04. The number of benzene rings is 2. The van der Waals surface area contributed by atoms with Gasteiger partial charge >= 0.3 is 0 Å². The zero-order chi connectivity index (χ0) is 14.6. The Hall–Kier alpha value is -2.20. The molecule has 0 unspecified atom stereocenters. The first-order valence-corrected chi connectivity index (χ1v) is 7.93. The molecule has 0 saturated carbocycles. The molecule has 2 aromatic carbocycles. The predicted octanol–water partition coefficient (Wildman–Crippen LogP) is 2.99. The van der Waals surface area contributed by atoms with Gasteiger partial charge in [-0.15, -0.1) is 0 Å². The van der Waals surface area contributed by atoms with Crippen LogP contribution in [0.3, 0.4) is 0 Å². The summed E-state index contributed by atoms with van der Waals surface area (Å²) in [6.07, 6.45) is 4.34. The molecule has 0 aliphatic rings. The van der Waals surface area contributed by atoms with Gasteiger partial charge in [0.25, 0.3) is 0 Å². The summed E-state index contributed by atoms with van der Waals surface area (Å²) >= 11 is 0. The van der Waals surface area contributed by atoms with E-state index in [1.54, 1.807) is 6.08 Å². The van der Waals surface area contributed by atoms with Crippen molar-refractivity contribution in [3.63, 3.8) is 0 Å². The number of allylic oxidation sites excluding steroid dienone is 1. The SMILES string of the molecule is CS(=O)(=O)c1ccc(C(=O)C=Cc2ccccc2)cc1. The molecule has 0 saturated heterocycles. The van der Waals surface area contributed by atoms with E-state index in [9.17, 15) is 13.2 Å². The number of rotatable bonds is 4. The van der Waals surface area contributed by atoms with E-state index >= 15 is 0 Å². The Labute approximate surface area is 118 Å². The number of hydrogen-bond acceptors (Lipinski definition) is 3. The molecular formula is C16H14O3S. The highest BCUT2D eigenvalue weighted by Gasteiger charge is 2.08. The first-order chi connectivity index (χ1) is 9.47. The fraction of sp³-hybridized carbons (Fsp3) is 0.0625. The van der Waals surface area contributed by atoms with Crippen LogP contribution in [0.2, 0.25) is 0 Å². The van der Waals surface area contributed by atoms with Gasteiger partial charge in [0.05, 0.1) is 4.90 Å². The number of sulfone groups is 1. The third-order valence-corrected chi connectivity index (χ3v) is 3.92. The Balaban J connectivity index is 2.16. The number of carbonyl (C=O) groups excluding carboxylic acids is 1. The second-order valence-corrected chi connectivity index (χ2v) is 6.42. The van der Waals surface area contributed by atoms with Gasteiger partial charge in [-0.25, -0.2) is 8.42 Å². The standard InChI is InChI=1S/C16H14O3S/c1-20(18,19)15-10-8-14(9-11-15)16(17)12-7-13-5-3-2-4-6-13/h2-12H,1H3. The highest BCUT2D eigenvalue weighted by Crippen LogP contribution is 2.11. The summed E-state index contributed by atoms with van der Waals surface area (Å²) in [4.78, 5) is 12.2. The Morgan fingerprint density at radius 2 is 1.55 bits per heavy atom. The highest BCUT2D eigenvalue weighted by molar-refractivity contribution is 7.90. The van der Waals surface area contributed by atoms with Crippen molar-refractivity contribution in [3.05, 3.63) is 71.8 Å². The lowest BCUT2D eigenvalue weighted by Gasteiger charge is -1.99. The molecule has 0 atom stereocenters. The summed E-state index contributed by atoms with van der Waals surface area (Å²) in [5.74, 6) is -0.158. The van der Waals surface area contributed by atoms with Crippen molar-refractivity contribution in [2.24, 2.45) is 0 Å². The smallest absolute Gasteiger partial charge is 0.185 e. The third-order valence-electron chi connectivity index (χ3n) is 2.79. The lowest BCUT2D eigenvalue weighted by molar-refractivity contribution is 0.104. The molecule has 0 aromatic heterocycles. The van der Waals surface area contributed by atoms with E-state index in [1.165, 1.54) is 30.3 Å². The van der Waals surface area contributed by atoms with Gasteiger partial charge in [-0.05, 0) is 35.9 Å². The average Bonchev–Trinajstić information content (AvgIpc) is 2.45. The minimum Gasteiger partial charge on any atom is -0.289 e. The fourth-order valence-electron chi connectivity index (χ4n) is 1.70. The summed E-state index contributed by atoms with van der Waals surface area (Å²) in [5, 5.41) is 0. The molecule has 3 nitrogen and oxygen atoms in total. The Bertz CT molecular complexity index is 727. The van der Waals surface area contributed by atoms with Crippen LogP contribution in [0.25, 0.3) is 6.08 Å². The summed E-state index contributed by atoms with van der Waals surface area (Å²) in [7, 11) is -3.23. The zero-order valence-corrected chi connectivity index (χ0v) is 11.8. The summed E-state index contributed by atoms with van der Waals surface area (Å²) in [5.41, 5.74) is 1.40. The van der Waals surface area contributed by atoms with Crippen LogP contribution in [-0.2, 0) is 9.84 Å². The van der Waals surface area contributed by atoms with E-state index in [4.69, 9.17) is 0 Å². The van der Waals surface area contributed by atoms with Gasteiger partial charge in [-0.2, -0.15) is 0 Å². The molecule has 4 heteroatoms. The monoisotopic (exact) mass is 286 g/mol. The lowest BCUT2D eigenvalue weighted by atomic mass is 10.1. The van der Waals surface area contributed by atoms with Gasteiger partial charge in [0.15, 0.2) is 15.6 Å². The van der Waals surface area contributed by atoms with Crippen molar-refractivity contribution in [1.29, 1.82) is 0 Å². The molecule has 0 aliphatic carbocycles. The fourth-order valence-corrected chi connectivity index (χ4v) is 2.33. The van der Waals surface area contributed by atoms with Crippen LogP contribution in [0.5, 0.6) is 0 Å². The Kier molecular flexibility index (Phi) is 4.15. The van der Waals surface area contributed by atoms with Crippen LogP contribution < -0.4 is 0 Å². The van der Waals surface area contributed by atoms with E-state index in [1.807, 2.05) is 30.3 Å². The van der Waals surface area contributed by atoms with Crippen LogP contribution in [0.1, 0.15) is 15.9 Å². The van der Waals surface area contributed by atoms with E-state index in [0.717, 1.165) is 11.8 Å². The largest absolute Gasteiger partial charge is 0.289 e. The highest BCUT2D eigenvalue weighted by atomic mass is 32.2. The van der Waals surface area contributed by atoms with Crippen LogP contribution in [0.4, 0.5) is 0 Å². The molecule has 2 aromatic rings. The molecule has 0 amide bonds. The summed E-state index contributed by atoms with van der Waals surface area (Å²) in [6, 6.07) is 15.4. The van der Waals surface area contributed by atoms with Crippen molar-refractivity contribution in [2.75, 3.05) is 6.26 Å². The molecule has 0 aliphatic heterocycles. The van der Waals surface area contributed by atoms with Gasteiger partial charge in [0.1, 0.15) is 0 Å². The van der Waals surface area contributed by atoms with Crippen molar-refractivity contribution in [2.45, 2.75) is 4.90 Å². The zero-order valence-electron chi connectivity index (χ0n) is 11.0. The van der Waals surface area contributed by atoms with Gasteiger partial charge < -0.3 is 0 Å². The molecule has 2 rings (SSSR count). The van der Waals surface area contributed by atoms with Gasteiger partial charge in [-0.3, -0.25) is 4.79 Å². The second-order valence-electron chi connectivity index (χ2n) is 4.40. The molecule has 0 spiro atoms. The number of carbonyl (C=O) groups is 1. The van der Waals surface area contributed by atoms with Crippen molar-refractivity contribution in [1.82, 2.24) is 0 Å². The maximum Gasteiger partial charge on any atom is 0.185 e. The predicted molar refractivity (Wildman–Crippen MR) is 79.4 cm³/mol. The van der Waals surface area contributed by atoms with E-state index in [2.05, 4.69) is 0 Å². The van der Waals surface area contributed by atoms with E-state index < -0.39 is 9.84 Å². The topological polar surface area (TPSA) is 51.2 Å². The minimum absolute atomic E-state index is 0.158. The van der Waals surface area contributed by atoms with Gasteiger partial charge in [0.2, 0.25) is 0 Å². The maximum absolute atomic E-state index is 11.9. The summed E-state index contributed by atoms with van der Waals surface area (Å²) < 4.78 is 22.7. The van der Waals surface area contributed by atoms with Crippen LogP contribution in [-0.4, -0.2) is 20.5 Å². The van der Waals surface area contributed by atoms with E-state index in [0.29, 0.717) is 5.56 Å². The van der Waals surface area contributed by atoms with Gasteiger partial charge in [0, 0.05) is 11.8 Å². The van der Waals surface area contributed by atoms with Crippen molar-refractivity contribution < 1.29 is 13.2 Å². The summed E-state index contributed by atoms with van der Waals surface area (Å²) in [6.45, 7) is 0. The Morgan fingerprint density at radius 1 is 0.950 bits per heavy atom. The van der Waals surface area contributed by atoms with Crippen LogP contribution in [0.15, 0.2) is 65.6 Å². The molecule has 0 N–H and O–H groups in total. The first kappa shape index (κ1) is 14.2. The normalized spacial score (nSPS) is 11.7. The average molecular weight is 286 g/mol. The van der Waals surface area contributed by atoms with E-state index in [-0.39, 0.29) is 10.7 Å². The Morgan fingerprint density at radius 3 is 2.10 bits per heavy atom. The van der Waals surface area contributed by atoms with Crippen LogP contribution >= 0.6 is 0 Å². The maximum atomic E-state index is 11.9. The third kappa shape index (κ3) is 3.65. The molecule has 102 valence electrons. The van der Waals surface area contributed by atoms with Crippen LogP contribution in [0, 0.1) is 0 Å². The number of ketones is 1. The lowest BCUT2D eigenvalue weighted by Crippen LogP contribution is -1.99.